The minimum absolute atomic E-state index is 0.797. The molecule has 4 rings (SSSR count). The van der Waals surface area contributed by atoms with Crippen molar-refractivity contribution in [3.05, 3.63) is 36.5 Å². The number of nitrogens with zero attached hydrogens (tertiary/aromatic N) is 5. The fourth-order valence-electron chi connectivity index (χ4n) is 3.06. The summed E-state index contributed by atoms with van der Waals surface area (Å²) < 4.78 is 0. The number of hydrogen-bond donors (Lipinski definition) is 1. The van der Waals surface area contributed by atoms with Gasteiger partial charge in [0.15, 0.2) is 5.65 Å². The molecule has 0 radical (unpaired) electrons. The van der Waals surface area contributed by atoms with E-state index in [1.807, 2.05) is 18.2 Å². The lowest BCUT2D eigenvalue weighted by molar-refractivity contribution is 0.360. The van der Waals surface area contributed by atoms with Crippen LogP contribution in [-0.4, -0.2) is 58.3 Å². The molecule has 0 aromatic carbocycles. The number of likely N-dealkylation sites (N-methyl/N-ethyl adjacent to an activating group) is 1. The van der Waals surface area contributed by atoms with Crippen LogP contribution in [0, 0.1) is 0 Å². The van der Waals surface area contributed by atoms with E-state index in [1.54, 1.807) is 6.20 Å². The van der Waals surface area contributed by atoms with Crippen molar-refractivity contribution in [1.29, 1.82) is 0 Å². The maximum atomic E-state index is 4.85. The average Bonchev–Trinajstić information content (AvgIpc) is 2.90. The van der Waals surface area contributed by atoms with Gasteiger partial charge in [0, 0.05) is 31.2 Å². The zero-order valence-electron chi connectivity index (χ0n) is 13.2. The largest absolute Gasteiger partial charge is 0.355 e. The summed E-state index contributed by atoms with van der Waals surface area (Å²) in [5.41, 5.74) is 2.55. The van der Waals surface area contributed by atoms with Crippen LogP contribution in [0.5, 0.6) is 0 Å². The van der Waals surface area contributed by atoms with Gasteiger partial charge < -0.3 is 9.80 Å². The van der Waals surface area contributed by atoms with Crippen molar-refractivity contribution in [1.82, 2.24) is 25.1 Å². The van der Waals surface area contributed by atoms with Crippen LogP contribution in [0.3, 0.4) is 0 Å². The van der Waals surface area contributed by atoms with Crippen molar-refractivity contribution in [2.75, 3.05) is 38.1 Å². The first-order valence-corrected chi connectivity index (χ1v) is 8.01. The summed E-state index contributed by atoms with van der Waals surface area (Å²) in [5, 5.41) is 8.39. The smallest absolute Gasteiger partial charge is 0.155 e. The highest BCUT2D eigenvalue weighted by Crippen LogP contribution is 2.25. The van der Waals surface area contributed by atoms with E-state index in [2.05, 4.69) is 44.2 Å². The summed E-state index contributed by atoms with van der Waals surface area (Å²) in [5.74, 6) is 1.03. The molecule has 1 aliphatic rings. The molecule has 1 N–H and O–H groups in total. The minimum Gasteiger partial charge on any atom is -0.355 e. The molecule has 0 aliphatic carbocycles. The van der Waals surface area contributed by atoms with Crippen LogP contribution in [0.25, 0.3) is 22.4 Å². The van der Waals surface area contributed by atoms with Crippen LogP contribution in [0.2, 0.25) is 0 Å². The van der Waals surface area contributed by atoms with E-state index >= 15 is 0 Å². The molecular formula is C17H20N6. The number of H-pyrrole nitrogens is 1. The molecule has 1 aliphatic heterocycles. The topological polar surface area (TPSA) is 60.9 Å². The quantitative estimate of drug-likeness (QED) is 0.786. The molecule has 118 valence electrons. The highest BCUT2D eigenvalue weighted by atomic mass is 15.2. The Hall–Kier alpha value is -2.47. The predicted molar refractivity (Wildman–Crippen MR) is 91.4 cm³/mol. The van der Waals surface area contributed by atoms with Crippen LogP contribution >= 0.6 is 0 Å². The van der Waals surface area contributed by atoms with Crippen molar-refractivity contribution < 1.29 is 0 Å². The molecule has 0 bridgehead atoms. The number of anilines is 1. The first kappa shape index (κ1) is 14.1. The number of aromatic amines is 1. The molecule has 0 spiro atoms. The summed E-state index contributed by atoms with van der Waals surface area (Å²) in [7, 11) is 2.18. The molecule has 6 nitrogen and oxygen atoms in total. The third-order valence-corrected chi connectivity index (χ3v) is 4.36. The number of rotatable bonds is 2. The Bertz CT molecular complexity index is 811. The Kier molecular flexibility index (Phi) is 3.67. The molecule has 0 amide bonds. The Balaban J connectivity index is 1.68. The van der Waals surface area contributed by atoms with Crippen molar-refractivity contribution in [3.63, 3.8) is 0 Å². The number of aromatic nitrogens is 4. The number of nitrogens with one attached hydrogen (secondary N) is 1. The second kappa shape index (κ2) is 5.96. The fourth-order valence-corrected chi connectivity index (χ4v) is 3.06. The molecular weight excluding hydrogens is 288 g/mol. The van der Waals surface area contributed by atoms with E-state index in [9.17, 15) is 0 Å². The van der Waals surface area contributed by atoms with Gasteiger partial charge in [-0.2, -0.15) is 5.10 Å². The Morgan fingerprint density at radius 2 is 2.00 bits per heavy atom. The second-order valence-electron chi connectivity index (χ2n) is 6.00. The lowest BCUT2D eigenvalue weighted by atomic mass is 10.2. The molecule has 4 heterocycles. The van der Waals surface area contributed by atoms with Gasteiger partial charge in [-0.1, -0.05) is 6.07 Å². The SMILES string of the molecule is CN1CCCN(c2cccc(-c3n[nH]c4ncccc34)n2)CC1. The third kappa shape index (κ3) is 2.77. The molecule has 3 aromatic heterocycles. The molecule has 0 saturated carbocycles. The van der Waals surface area contributed by atoms with E-state index in [-0.39, 0.29) is 0 Å². The Labute approximate surface area is 135 Å². The molecule has 1 saturated heterocycles. The van der Waals surface area contributed by atoms with Crippen molar-refractivity contribution >= 4 is 16.9 Å². The molecule has 0 unspecified atom stereocenters. The monoisotopic (exact) mass is 308 g/mol. The van der Waals surface area contributed by atoms with E-state index in [0.29, 0.717) is 0 Å². The maximum absolute atomic E-state index is 4.85. The zero-order valence-corrected chi connectivity index (χ0v) is 13.2. The van der Waals surface area contributed by atoms with E-state index in [4.69, 9.17) is 4.98 Å². The first-order valence-electron chi connectivity index (χ1n) is 8.01. The summed E-state index contributed by atoms with van der Waals surface area (Å²) >= 11 is 0. The van der Waals surface area contributed by atoms with Gasteiger partial charge in [0.2, 0.25) is 0 Å². The first-order chi connectivity index (χ1) is 11.3. The van der Waals surface area contributed by atoms with E-state index < -0.39 is 0 Å². The Morgan fingerprint density at radius 3 is 2.96 bits per heavy atom. The van der Waals surface area contributed by atoms with Gasteiger partial charge in [0.05, 0.1) is 5.69 Å². The van der Waals surface area contributed by atoms with Crippen LogP contribution in [0.15, 0.2) is 36.5 Å². The van der Waals surface area contributed by atoms with Gasteiger partial charge in [-0.3, -0.25) is 5.10 Å². The van der Waals surface area contributed by atoms with Crippen LogP contribution < -0.4 is 4.90 Å². The molecule has 1 fully saturated rings. The van der Waals surface area contributed by atoms with Gasteiger partial charge in [0.1, 0.15) is 11.5 Å². The molecule has 23 heavy (non-hydrogen) atoms. The van der Waals surface area contributed by atoms with Crippen molar-refractivity contribution in [3.8, 4) is 11.4 Å². The lowest BCUT2D eigenvalue weighted by Gasteiger charge is -2.21. The number of hydrogen-bond acceptors (Lipinski definition) is 5. The highest BCUT2D eigenvalue weighted by Gasteiger charge is 2.15. The molecule has 3 aromatic rings. The average molecular weight is 308 g/mol. The highest BCUT2D eigenvalue weighted by molar-refractivity contribution is 5.89. The van der Waals surface area contributed by atoms with Crippen LogP contribution in [0.1, 0.15) is 6.42 Å². The van der Waals surface area contributed by atoms with Gasteiger partial charge in [-0.25, -0.2) is 9.97 Å². The molecule has 0 atom stereocenters. The van der Waals surface area contributed by atoms with Gasteiger partial charge >= 0.3 is 0 Å². The number of fused-ring (bicyclic) bond motifs is 1. The maximum Gasteiger partial charge on any atom is 0.155 e. The van der Waals surface area contributed by atoms with Crippen molar-refractivity contribution in [2.24, 2.45) is 0 Å². The third-order valence-electron chi connectivity index (χ3n) is 4.36. The zero-order chi connectivity index (χ0) is 15.6. The molecule has 6 heteroatoms. The van der Waals surface area contributed by atoms with Crippen LogP contribution in [0.4, 0.5) is 5.82 Å². The van der Waals surface area contributed by atoms with Gasteiger partial charge in [-0.05, 0) is 44.3 Å². The predicted octanol–water partition coefficient (Wildman–Crippen LogP) is 2.16. The summed E-state index contributed by atoms with van der Waals surface area (Å²) in [4.78, 5) is 13.9. The standard InChI is InChI=1S/C17H20N6/c1-22-9-4-10-23(12-11-22)15-7-2-6-14(19-15)16-13-5-3-8-18-17(13)21-20-16/h2-3,5-8H,4,9-12H2,1H3,(H,18,20,21). The fraction of sp³-hybridized carbons (Fsp3) is 0.353. The van der Waals surface area contributed by atoms with Crippen LogP contribution in [-0.2, 0) is 0 Å². The summed E-state index contributed by atoms with van der Waals surface area (Å²) in [6.07, 6.45) is 2.93. The van der Waals surface area contributed by atoms with Gasteiger partial charge in [0.25, 0.3) is 0 Å². The van der Waals surface area contributed by atoms with E-state index in [0.717, 1.165) is 60.8 Å². The number of pyridine rings is 2. The minimum atomic E-state index is 0.797. The Morgan fingerprint density at radius 1 is 1.04 bits per heavy atom. The summed E-state index contributed by atoms with van der Waals surface area (Å²) in [6, 6.07) is 10.1. The lowest BCUT2D eigenvalue weighted by Crippen LogP contribution is -2.29. The summed E-state index contributed by atoms with van der Waals surface area (Å²) in [6.45, 7) is 4.27. The second-order valence-corrected chi connectivity index (χ2v) is 6.00. The normalized spacial score (nSPS) is 16.7. The van der Waals surface area contributed by atoms with Crippen molar-refractivity contribution in [2.45, 2.75) is 6.42 Å². The van der Waals surface area contributed by atoms with E-state index in [1.165, 1.54) is 0 Å². The van der Waals surface area contributed by atoms with Gasteiger partial charge in [-0.15, -0.1) is 0 Å².